The molecule has 0 amide bonds. The second kappa shape index (κ2) is 6.24. The number of imidazole rings is 1. The monoisotopic (exact) mass is 308 g/mol. The Kier molecular flexibility index (Phi) is 4.15. The van der Waals surface area contributed by atoms with Crippen LogP contribution in [0.3, 0.4) is 0 Å². The molecule has 0 radical (unpaired) electrons. The number of carbonyl (C=O) groups excluding carboxylic acids is 1. The molecular formula is C19H20N2O2. The number of hydrogen-bond acceptors (Lipinski definition) is 3. The van der Waals surface area contributed by atoms with Crippen LogP contribution >= 0.6 is 0 Å². The quantitative estimate of drug-likeness (QED) is 0.690. The van der Waals surface area contributed by atoms with Crippen LogP contribution in [0, 0.1) is 13.8 Å². The molecule has 2 aromatic carbocycles. The Morgan fingerprint density at radius 2 is 1.78 bits per heavy atom. The lowest BCUT2D eigenvalue weighted by Crippen LogP contribution is -2.12. The van der Waals surface area contributed by atoms with Crippen molar-refractivity contribution in [1.29, 1.82) is 0 Å². The van der Waals surface area contributed by atoms with E-state index in [9.17, 15) is 4.79 Å². The predicted molar refractivity (Wildman–Crippen MR) is 90.9 cm³/mol. The predicted octanol–water partition coefficient (Wildman–Crippen LogP) is 3.75. The third kappa shape index (κ3) is 3.11. The summed E-state index contributed by atoms with van der Waals surface area (Å²) < 4.78 is 7.12. The number of aryl methyl sites for hydroxylation is 2. The second-order valence-corrected chi connectivity index (χ2v) is 5.67. The molecular weight excluding hydrogens is 288 g/mol. The summed E-state index contributed by atoms with van der Waals surface area (Å²) in [5.74, 6) is 0.445. The molecule has 0 atom stereocenters. The highest BCUT2D eigenvalue weighted by Gasteiger charge is 2.16. The van der Waals surface area contributed by atoms with E-state index in [1.165, 1.54) is 5.56 Å². The van der Waals surface area contributed by atoms with Gasteiger partial charge in [0, 0.05) is 5.69 Å². The van der Waals surface area contributed by atoms with Crippen molar-refractivity contribution < 1.29 is 9.53 Å². The minimum absolute atomic E-state index is 0.162. The van der Waals surface area contributed by atoms with Crippen molar-refractivity contribution in [2.75, 3.05) is 6.61 Å². The average Bonchev–Trinajstić information content (AvgIpc) is 2.85. The molecule has 3 aromatic rings. The number of esters is 1. The lowest BCUT2D eigenvalue weighted by atomic mass is 10.2. The topological polar surface area (TPSA) is 44.1 Å². The molecule has 0 aliphatic carbocycles. The Hall–Kier alpha value is -2.62. The standard InChI is InChI=1S/C19H20N2O2/c1-4-23-19(22)12-18-20-16-10-7-14(3)11-17(16)21(18)15-8-5-13(2)6-9-15/h5-11H,4,12H2,1-3H3. The lowest BCUT2D eigenvalue weighted by molar-refractivity contribution is -0.142. The first kappa shape index (κ1) is 15.3. The number of benzene rings is 2. The Balaban J connectivity index is 2.16. The molecule has 0 saturated carbocycles. The van der Waals surface area contributed by atoms with E-state index >= 15 is 0 Å². The molecule has 0 saturated heterocycles. The highest BCUT2D eigenvalue weighted by atomic mass is 16.5. The Morgan fingerprint density at radius 3 is 2.48 bits per heavy atom. The molecule has 118 valence electrons. The Bertz CT molecular complexity index is 848. The van der Waals surface area contributed by atoms with Crippen LogP contribution < -0.4 is 0 Å². The summed E-state index contributed by atoms with van der Waals surface area (Å²) >= 11 is 0. The summed E-state index contributed by atoms with van der Waals surface area (Å²) in [5, 5.41) is 0. The number of fused-ring (bicyclic) bond motifs is 1. The first-order chi connectivity index (χ1) is 11.1. The van der Waals surface area contributed by atoms with Crippen LogP contribution in [0.2, 0.25) is 0 Å². The minimum Gasteiger partial charge on any atom is -0.466 e. The second-order valence-electron chi connectivity index (χ2n) is 5.67. The van der Waals surface area contributed by atoms with Crippen molar-refractivity contribution in [2.24, 2.45) is 0 Å². The van der Waals surface area contributed by atoms with Gasteiger partial charge in [-0.25, -0.2) is 4.98 Å². The zero-order chi connectivity index (χ0) is 16.4. The van der Waals surface area contributed by atoms with Crippen molar-refractivity contribution in [1.82, 2.24) is 9.55 Å². The first-order valence-corrected chi connectivity index (χ1v) is 7.79. The van der Waals surface area contributed by atoms with Gasteiger partial charge in [0.25, 0.3) is 0 Å². The molecule has 0 aliphatic rings. The largest absolute Gasteiger partial charge is 0.466 e. The van der Waals surface area contributed by atoms with Crippen LogP contribution in [0.25, 0.3) is 16.7 Å². The Labute approximate surface area is 135 Å². The number of hydrogen-bond donors (Lipinski definition) is 0. The lowest BCUT2D eigenvalue weighted by Gasteiger charge is -2.10. The smallest absolute Gasteiger partial charge is 0.313 e. The fraction of sp³-hybridized carbons (Fsp3) is 0.263. The van der Waals surface area contributed by atoms with Crippen molar-refractivity contribution in [2.45, 2.75) is 27.2 Å². The van der Waals surface area contributed by atoms with Crippen molar-refractivity contribution in [3.8, 4) is 5.69 Å². The number of aromatic nitrogens is 2. The third-order valence-corrected chi connectivity index (χ3v) is 3.78. The van der Waals surface area contributed by atoms with Gasteiger partial charge in [-0.1, -0.05) is 23.8 Å². The molecule has 4 nitrogen and oxygen atoms in total. The van der Waals surface area contributed by atoms with Crippen LogP contribution in [0.4, 0.5) is 0 Å². The first-order valence-electron chi connectivity index (χ1n) is 7.79. The fourth-order valence-corrected chi connectivity index (χ4v) is 2.68. The highest BCUT2D eigenvalue weighted by Crippen LogP contribution is 2.23. The molecule has 4 heteroatoms. The number of nitrogens with zero attached hydrogens (tertiary/aromatic N) is 2. The summed E-state index contributed by atoms with van der Waals surface area (Å²) in [6, 6.07) is 14.3. The van der Waals surface area contributed by atoms with Gasteiger partial charge in [-0.05, 0) is 50.6 Å². The molecule has 1 heterocycles. The van der Waals surface area contributed by atoms with Gasteiger partial charge >= 0.3 is 5.97 Å². The average molecular weight is 308 g/mol. The van der Waals surface area contributed by atoms with E-state index in [1.54, 1.807) is 0 Å². The highest BCUT2D eigenvalue weighted by molar-refractivity contribution is 5.81. The zero-order valence-corrected chi connectivity index (χ0v) is 13.7. The van der Waals surface area contributed by atoms with Gasteiger partial charge in [-0.15, -0.1) is 0 Å². The van der Waals surface area contributed by atoms with Crippen molar-refractivity contribution in [3.63, 3.8) is 0 Å². The third-order valence-electron chi connectivity index (χ3n) is 3.78. The summed E-state index contributed by atoms with van der Waals surface area (Å²) in [7, 11) is 0. The van der Waals surface area contributed by atoms with E-state index in [1.807, 2.05) is 35.8 Å². The van der Waals surface area contributed by atoms with Gasteiger partial charge in [0.2, 0.25) is 0 Å². The molecule has 0 spiro atoms. The van der Waals surface area contributed by atoms with Crippen LogP contribution in [-0.4, -0.2) is 22.1 Å². The maximum Gasteiger partial charge on any atom is 0.313 e. The van der Waals surface area contributed by atoms with Gasteiger partial charge in [0.15, 0.2) is 0 Å². The van der Waals surface area contributed by atoms with Gasteiger partial charge in [-0.3, -0.25) is 9.36 Å². The van der Waals surface area contributed by atoms with Crippen LogP contribution in [-0.2, 0) is 16.0 Å². The number of ether oxygens (including phenoxy) is 1. The normalized spacial score (nSPS) is 10.9. The van der Waals surface area contributed by atoms with E-state index in [0.29, 0.717) is 12.4 Å². The van der Waals surface area contributed by atoms with E-state index in [-0.39, 0.29) is 12.4 Å². The minimum atomic E-state index is -0.257. The van der Waals surface area contributed by atoms with Gasteiger partial charge in [-0.2, -0.15) is 0 Å². The maximum atomic E-state index is 11.9. The summed E-state index contributed by atoms with van der Waals surface area (Å²) in [5.41, 5.74) is 5.25. The molecule has 0 fully saturated rings. The van der Waals surface area contributed by atoms with Gasteiger partial charge < -0.3 is 4.74 Å². The van der Waals surface area contributed by atoms with E-state index < -0.39 is 0 Å². The SMILES string of the molecule is CCOC(=O)Cc1nc2ccc(C)cc2n1-c1ccc(C)cc1. The van der Waals surface area contributed by atoms with E-state index in [0.717, 1.165) is 22.3 Å². The van der Waals surface area contributed by atoms with Crippen LogP contribution in [0.1, 0.15) is 23.9 Å². The van der Waals surface area contributed by atoms with E-state index in [2.05, 4.69) is 37.0 Å². The summed E-state index contributed by atoms with van der Waals surface area (Å²) in [6.45, 7) is 6.29. The van der Waals surface area contributed by atoms with Crippen LogP contribution in [0.15, 0.2) is 42.5 Å². The molecule has 0 aliphatic heterocycles. The zero-order valence-electron chi connectivity index (χ0n) is 13.7. The van der Waals surface area contributed by atoms with Crippen molar-refractivity contribution in [3.05, 3.63) is 59.4 Å². The maximum absolute atomic E-state index is 11.9. The van der Waals surface area contributed by atoms with E-state index in [4.69, 9.17) is 4.74 Å². The van der Waals surface area contributed by atoms with Gasteiger partial charge in [0.05, 0.1) is 17.6 Å². The molecule has 0 N–H and O–H groups in total. The van der Waals surface area contributed by atoms with Crippen LogP contribution in [0.5, 0.6) is 0 Å². The summed E-state index contributed by atoms with van der Waals surface area (Å²) in [4.78, 5) is 16.6. The number of carbonyl (C=O) groups is 1. The van der Waals surface area contributed by atoms with Crippen molar-refractivity contribution >= 4 is 17.0 Å². The molecule has 0 unspecified atom stereocenters. The molecule has 1 aromatic heterocycles. The fourth-order valence-electron chi connectivity index (χ4n) is 2.68. The Morgan fingerprint density at radius 1 is 1.09 bits per heavy atom. The summed E-state index contributed by atoms with van der Waals surface area (Å²) in [6.07, 6.45) is 0.162. The number of rotatable bonds is 4. The molecule has 23 heavy (non-hydrogen) atoms. The molecule has 3 rings (SSSR count). The van der Waals surface area contributed by atoms with Gasteiger partial charge in [0.1, 0.15) is 12.2 Å². The molecule has 0 bridgehead atoms.